The number of methoxy groups -OCH3 is 1. The van der Waals surface area contributed by atoms with Crippen LogP contribution < -0.4 is 15.0 Å². The number of fused-ring (bicyclic) bond motifs is 1. The Morgan fingerprint density at radius 1 is 1.09 bits per heavy atom. The Bertz CT molecular complexity index is 1170. The summed E-state index contributed by atoms with van der Waals surface area (Å²) >= 11 is 0. The molecule has 1 saturated heterocycles. The van der Waals surface area contributed by atoms with E-state index in [-0.39, 0.29) is 23.3 Å². The van der Waals surface area contributed by atoms with E-state index in [1.807, 2.05) is 24.3 Å². The normalized spacial score (nSPS) is 17.8. The Labute approximate surface area is 194 Å². The second kappa shape index (κ2) is 8.79. The fourth-order valence-electron chi connectivity index (χ4n) is 4.35. The van der Waals surface area contributed by atoms with Crippen molar-refractivity contribution >= 4 is 27.5 Å². The second-order valence-electron chi connectivity index (χ2n) is 8.93. The Morgan fingerprint density at radius 2 is 1.76 bits per heavy atom. The smallest absolute Gasteiger partial charge is 0.243 e. The van der Waals surface area contributed by atoms with Gasteiger partial charge in [-0.15, -0.1) is 0 Å². The van der Waals surface area contributed by atoms with Crippen LogP contribution in [0.3, 0.4) is 0 Å². The molecular formula is C24H29N3O5S. The van der Waals surface area contributed by atoms with E-state index >= 15 is 0 Å². The molecule has 2 amide bonds. The number of carbonyl (C=O) groups excluding carboxylic acids is 2. The van der Waals surface area contributed by atoms with Gasteiger partial charge in [0.15, 0.2) is 0 Å². The van der Waals surface area contributed by atoms with Gasteiger partial charge in [-0.1, -0.05) is 12.1 Å². The van der Waals surface area contributed by atoms with Gasteiger partial charge in [0.05, 0.1) is 17.4 Å². The molecule has 4 rings (SSSR count). The summed E-state index contributed by atoms with van der Waals surface area (Å²) in [7, 11) is -2.01. The van der Waals surface area contributed by atoms with Gasteiger partial charge in [0, 0.05) is 25.3 Å². The van der Waals surface area contributed by atoms with Crippen molar-refractivity contribution in [2.75, 3.05) is 31.6 Å². The molecule has 0 atom stereocenters. The fraction of sp³-hybridized carbons (Fsp3) is 0.417. The summed E-state index contributed by atoms with van der Waals surface area (Å²) in [6, 6.07) is 12.1. The summed E-state index contributed by atoms with van der Waals surface area (Å²) < 4.78 is 32.6. The van der Waals surface area contributed by atoms with Gasteiger partial charge >= 0.3 is 0 Å². The topological polar surface area (TPSA) is 96.0 Å². The quantitative estimate of drug-likeness (QED) is 0.669. The molecule has 33 heavy (non-hydrogen) atoms. The first kappa shape index (κ1) is 23.3. The molecule has 2 aromatic rings. The zero-order valence-corrected chi connectivity index (χ0v) is 19.9. The van der Waals surface area contributed by atoms with E-state index in [1.54, 1.807) is 33.1 Å². The molecule has 0 spiro atoms. The summed E-state index contributed by atoms with van der Waals surface area (Å²) in [5.41, 5.74) is 1.18. The van der Waals surface area contributed by atoms with E-state index in [2.05, 4.69) is 5.32 Å². The average Bonchev–Trinajstić information content (AvgIpc) is 3.41. The highest BCUT2D eigenvalue weighted by molar-refractivity contribution is 7.89. The zero-order valence-electron chi connectivity index (χ0n) is 19.1. The highest BCUT2D eigenvalue weighted by atomic mass is 32.2. The van der Waals surface area contributed by atoms with Gasteiger partial charge in [-0.3, -0.25) is 9.59 Å². The van der Waals surface area contributed by atoms with Crippen molar-refractivity contribution in [1.29, 1.82) is 0 Å². The van der Waals surface area contributed by atoms with Gasteiger partial charge in [0.2, 0.25) is 21.8 Å². The number of benzene rings is 2. The first-order chi connectivity index (χ1) is 15.6. The molecule has 1 fully saturated rings. The molecule has 1 N–H and O–H groups in total. The third-order valence-electron chi connectivity index (χ3n) is 6.37. The highest BCUT2D eigenvalue weighted by Gasteiger charge is 2.45. The van der Waals surface area contributed by atoms with Crippen LogP contribution in [0.1, 0.15) is 37.8 Å². The average molecular weight is 472 g/mol. The van der Waals surface area contributed by atoms with E-state index in [1.165, 1.54) is 15.3 Å². The molecule has 0 unspecified atom stereocenters. The fourth-order valence-corrected chi connectivity index (χ4v) is 5.90. The Balaban J connectivity index is 1.51. The Morgan fingerprint density at radius 3 is 2.39 bits per heavy atom. The minimum Gasteiger partial charge on any atom is -0.497 e. The lowest BCUT2D eigenvalue weighted by atomic mass is 9.86. The second-order valence-corrected chi connectivity index (χ2v) is 10.9. The summed E-state index contributed by atoms with van der Waals surface area (Å²) in [6.07, 6.45) is 1.71. The first-order valence-electron chi connectivity index (χ1n) is 11.0. The number of hydrogen-bond donors (Lipinski definition) is 1. The monoisotopic (exact) mass is 471 g/mol. The van der Waals surface area contributed by atoms with E-state index in [0.29, 0.717) is 30.9 Å². The number of nitrogens with one attached hydrogen (secondary N) is 1. The lowest BCUT2D eigenvalue weighted by molar-refractivity contribution is -0.125. The zero-order chi connectivity index (χ0) is 23.8. The minimum atomic E-state index is -3.60. The van der Waals surface area contributed by atoms with Gasteiger partial charge in [-0.05, 0) is 68.1 Å². The van der Waals surface area contributed by atoms with Gasteiger partial charge in [0.25, 0.3) is 0 Å². The lowest BCUT2D eigenvalue weighted by Crippen LogP contribution is -2.42. The molecule has 2 aliphatic rings. The van der Waals surface area contributed by atoms with E-state index in [9.17, 15) is 18.0 Å². The molecule has 2 aliphatic heterocycles. The molecule has 0 aliphatic carbocycles. The number of anilines is 1. The first-order valence-corrected chi connectivity index (χ1v) is 12.4. The van der Waals surface area contributed by atoms with Gasteiger partial charge in [-0.25, -0.2) is 8.42 Å². The molecular weight excluding hydrogens is 442 g/mol. The van der Waals surface area contributed by atoms with Crippen LogP contribution in [0.5, 0.6) is 5.75 Å². The molecule has 9 heteroatoms. The van der Waals surface area contributed by atoms with Crippen LogP contribution in [-0.2, 0) is 31.6 Å². The van der Waals surface area contributed by atoms with Crippen molar-refractivity contribution in [3.8, 4) is 5.75 Å². The maximum Gasteiger partial charge on any atom is 0.243 e. The number of nitrogens with zero attached hydrogens (tertiary/aromatic N) is 2. The number of sulfonamides is 1. The molecule has 0 bridgehead atoms. The molecule has 8 nitrogen and oxygen atoms in total. The number of ether oxygens (including phenoxy) is 1. The predicted molar refractivity (Wildman–Crippen MR) is 125 cm³/mol. The highest BCUT2D eigenvalue weighted by Crippen LogP contribution is 2.42. The number of rotatable bonds is 7. The summed E-state index contributed by atoms with van der Waals surface area (Å²) in [4.78, 5) is 27.4. The third kappa shape index (κ3) is 4.35. The van der Waals surface area contributed by atoms with Crippen LogP contribution in [0.2, 0.25) is 0 Å². The Kier molecular flexibility index (Phi) is 6.20. The van der Waals surface area contributed by atoms with E-state index < -0.39 is 15.4 Å². The van der Waals surface area contributed by atoms with Crippen LogP contribution in [-0.4, -0.2) is 51.3 Å². The standard InChI is InChI=1S/C24H29N3O5S/c1-24(2)20-14-19(33(30,31)26-12-4-5-13-26)10-11-21(20)27(23(24)29)16-22(28)25-15-17-6-8-18(32-3)9-7-17/h6-11,14H,4-5,12-13,15-16H2,1-3H3,(H,25,28). The van der Waals surface area contributed by atoms with Crippen LogP contribution in [0, 0.1) is 0 Å². The minimum absolute atomic E-state index is 0.135. The summed E-state index contributed by atoms with van der Waals surface area (Å²) in [6.45, 7) is 4.74. The number of carbonyl (C=O) groups is 2. The Hall–Kier alpha value is -2.91. The van der Waals surface area contributed by atoms with E-state index in [0.717, 1.165) is 24.2 Å². The van der Waals surface area contributed by atoms with Crippen LogP contribution in [0.25, 0.3) is 0 Å². The molecule has 176 valence electrons. The molecule has 0 saturated carbocycles. The number of hydrogen-bond acceptors (Lipinski definition) is 5. The van der Waals surface area contributed by atoms with Gasteiger partial charge in [0.1, 0.15) is 12.3 Å². The van der Waals surface area contributed by atoms with E-state index in [4.69, 9.17) is 4.74 Å². The summed E-state index contributed by atoms with van der Waals surface area (Å²) in [5.74, 6) is 0.210. The van der Waals surface area contributed by atoms with Crippen molar-refractivity contribution in [3.63, 3.8) is 0 Å². The lowest BCUT2D eigenvalue weighted by Gasteiger charge is -2.20. The van der Waals surface area contributed by atoms with Crippen LogP contribution in [0.4, 0.5) is 5.69 Å². The van der Waals surface area contributed by atoms with Gasteiger partial charge < -0.3 is 15.0 Å². The molecule has 2 heterocycles. The summed E-state index contributed by atoms with van der Waals surface area (Å²) in [5, 5.41) is 2.84. The van der Waals surface area contributed by atoms with Crippen LogP contribution >= 0.6 is 0 Å². The molecule has 2 aromatic carbocycles. The largest absolute Gasteiger partial charge is 0.497 e. The molecule has 0 aromatic heterocycles. The van der Waals surface area contributed by atoms with Crippen molar-refractivity contribution in [2.24, 2.45) is 0 Å². The number of amides is 2. The maximum atomic E-state index is 13.2. The van der Waals surface area contributed by atoms with Crippen molar-refractivity contribution in [2.45, 2.75) is 43.5 Å². The SMILES string of the molecule is COc1ccc(CNC(=O)CN2C(=O)C(C)(C)c3cc(S(=O)(=O)N4CCCC4)ccc32)cc1. The third-order valence-corrected chi connectivity index (χ3v) is 8.26. The van der Waals surface area contributed by atoms with Crippen molar-refractivity contribution in [1.82, 2.24) is 9.62 Å². The van der Waals surface area contributed by atoms with Gasteiger partial charge in [-0.2, -0.15) is 4.31 Å². The predicted octanol–water partition coefficient (Wildman–Crippen LogP) is 2.42. The molecule has 0 radical (unpaired) electrons. The van der Waals surface area contributed by atoms with Crippen molar-refractivity contribution < 1.29 is 22.7 Å². The van der Waals surface area contributed by atoms with Crippen LogP contribution in [0.15, 0.2) is 47.4 Å². The van der Waals surface area contributed by atoms with Crippen molar-refractivity contribution in [3.05, 3.63) is 53.6 Å². The maximum absolute atomic E-state index is 13.2.